The number of imidazole rings is 1. The zero-order valence-corrected chi connectivity index (χ0v) is 12.2. The second-order valence-corrected chi connectivity index (χ2v) is 5.87. The Balaban J connectivity index is 1.99. The standard InChI is InChI=1S/C14H20N3OP/c18-10-9-17-13-4-2-1-3-12(13)15-14(17)11-5-7-16(19)8-6-11/h1-4,11,18H,5-10,19H2. The summed E-state index contributed by atoms with van der Waals surface area (Å²) in [5, 5.41) is 9.30. The van der Waals surface area contributed by atoms with Crippen LogP contribution in [0.5, 0.6) is 0 Å². The fourth-order valence-electron chi connectivity index (χ4n) is 2.90. The van der Waals surface area contributed by atoms with Crippen LogP contribution in [0, 0.1) is 0 Å². The van der Waals surface area contributed by atoms with Crippen molar-refractivity contribution in [1.82, 2.24) is 14.2 Å². The van der Waals surface area contributed by atoms with Gasteiger partial charge >= 0.3 is 0 Å². The summed E-state index contributed by atoms with van der Waals surface area (Å²) in [7, 11) is 2.78. The lowest BCUT2D eigenvalue weighted by molar-refractivity contribution is 0.270. The first kappa shape index (κ1) is 13.0. The Morgan fingerprint density at radius 1 is 1.26 bits per heavy atom. The first-order valence-corrected chi connectivity index (χ1v) is 7.37. The van der Waals surface area contributed by atoms with Gasteiger partial charge in [0, 0.05) is 25.6 Å². The van der Waals surface area contributed by atoms with Gasteiger partial charge in [0.15, 0.2) is 0 Å². The fraction of sp³-hybridized carbons (Fsp3) is 0.500. The molecule has 102 valence electrons. The molecule has 1 fully saturated rings. The Labute approximate surface area is 115 Å². The maximum absolute atomic E-state index is 9.30. The summed E-state index contributed by atoms with van der Waals surface area (Å²) in [5.41, 5.74) is 2.18. The number of fused-ring (bicyclic) bond motifs is 1. The van der Waals surface area contributed by atoms with Gasteiger partial charge < -0.3 is 9.67 Å². The molecule has 2 heterocycles. The minimum atomic E-state index is 0.163. The second-order valence-electron chi connectivity index (χ2n) is 5.14. The van der Waals surface area contributed by atoms with E-state index in [1.54, 1.807) is 0 Å². The lowest BCUT2D eigenvalue weighted by Crippen LogP contribution is -2.26. The third-order valence-electron chi connectivity index (χ3n) is 3.90. The zero-order chi connectivity index (χ0) is 13.2. The number of nitrogens with zero attached hydrogens (tertiary/aromatic N) is 3. The molecule has 2 aromatic rings. The summed E-state index contributed by atoms with van der Waals surface area (Å²) in [5.74, 6) is 1.66. The smallest absolute Gasteiger partial charge is 0.113 e. The third-order valence-corrected chi connectivity index (χ3v) is 4.42. The van der Waals surface area contributed by atoms with Crippen LogP contribution in [0.25, 0.3) is 11.0 Å². The highest BCUT2D eigenvalue weighted by molar-refractivity contribution is 7.13. The number of aliphatic hydroxyl groups is 1. The van der Waals surface area contributed by atoms with E-state index in [-0.39, 0.29) is 6.61 Å². The van der Waals surface area contributed by atoms with Crippen LogP contribution in [0.15, 0.2) is 24.3 Å². The first-order chi connectivity index (χ1) is 9.29. The summed E-state index contributed by atoms with van der Waals surface area (Å²) >= 11 is 0. The molecule has 1 atom stereocenters. The highest BCUT2D eigenvalue weighted by Crippen LogP contribution is 2.30. The second kappa shape index (κ2) is 5.58. The molecule has 1 aromatic carbocycles. The number of aromatic nitrogens is 2. The van der Waals surface area contributed by atoms with Crippen molar-refractivity contribution in [1.29, 1.82) is 0 Å². The number of rotatable bonds is 3. The van der Waals surface area contributed by atoms with Crippen LogP contribution in [0.1, 0.15) is 24.6 Å². The van der Waals surface area contributed by atoms with Gasteiger partial charge in [-0.3, -0.25) is 4.67 Å². The molecule has 1 unspecified atom stereocenters. The van der Waals surface area contributed by atoms with Crippen LogP contribution in [0.3, 0.4) is 0 Å². The maximum Gasteiger partial charge on any atom is 0.113 e. The van der Waals surface area contributed by atoms with Crippen molar-refractivity contribution in [3.63, 3.8) is 0 Å². The monoisotopic (exact) mass is 277 g/mol. The van der Waals surface area contributed by atoms with E-state index >= 15 is 0 Å². The van der Waals surface area contributed by atoms with E-state index in [0.717, 1.165) is 42.8 Å². The van der Waals surface area contributed by atoms with Crippen LogP contribution < -0.4 is 0 Å². The zero-order valence-electron chi connectivity index (χ0n) is 11.0. The molecule has 1 aliphatic heterocycles. The van der Waals surface area contributed by atoms with E-state index in [2.05, 4.69) is 30.8 Å². The van der Waals surface area contributed by atoms with Crippen LogP contribution in [-0.2, 0) is 6.54 Å². The van der Waals surface area contributed by atoms with Crippen molar-refractivity contribution in [2.75, 3.05) is 19.7 Å². The predicted octanol–water partition coefficient (Wildman–Crippen LogP) is 2.00. The largest absolute Gasteiger partial charge is 0.395 e. The molecule has 5 heteroatoms. The molecule has 3 rings (SSSR count). The average Bonchev–Trinajstić information content (AvgIpc) is 2.79. The minimum Gasteiger partial charge on any atom is -0.395 e. The van der Waals surface area contributed by atoms with Crippen molar-refractivity contribution < 1.29 is 5.11 Å². The van der Waals surface area contributed by atoms with Crippen molar-refractivity contribution in [3.8, 4) is 0 Å². The van der Waals surface area contributed by atoms with Crippen molar-refractivity contribution in [2.45, 2.75) is 25.3 Å². The molecule has 0 saturated carbocycles. The number of piperidine rings is 1. The third kappa shape index (κ3) is 2.53. The molecule has 19 heavy (non-hydrogen) atoms. The minimum absolute atomic E-state index is 0.163. The predicted molar refractivity (Wildman–Crippen MR) is 80.1 cm³/mol. The van der Waals surface area contributed by atoms with Crippen molar-refractivity contribution in [2.24, 2.45) is 0 Å². The molecule has 1 saturated heterocycles. The van der Waals surface area contributed by atoms with Gasteiger partial charge in [-0.15, -0.1) is 0 Å². The topological polar surface area (TPSA) is 41.3 Å². The van der Waals surface area contributed by atoms with E-state index in [4.69, 9.17) is 4.98 Å². The number of para-hydroxylation sites is 2. The summed E-state index contributed by atoms with van der Waals surface area (Å²) in [4.78, 5) is 4.81. The molecule has 1 N–H and O–H groups in total. The number of benzene rings is 1. The van der Waals surface area contributed by atoms with Gasteiger partial charge in [-0.1, -0.05) is 21.5 Å². The van der Waals surface area contributed by atoms with E-state index in [1.807, 2.05) is 12.1 Å². The number of aliphatic hydroxyl groups excluding tert-OH is 1. The Hall–Kier alpha value is -0.960. The fourth-order valence-corrected chi connectivity index (χ4v) is 3.20. The van der Waals surface area contributed by atoms with Gasteiger partial charge in [-0.05, 0) is 25.0 Å². The molecule has 0 spiro atoms. The number of hydrogen-bond donors (Lipinski definition) is 1. The van der Waals surface area contributed by atoms with Gasteiger partial charge in [0.25, 0.3) is 0 Å². The summed E-state index contributed by atoms with van der Waals surface area (Å²) < 4.78 is 4.48. The van der Waals surface area contributed by atoms with E-state index in [0.29, 0.717) is 12.5 Å². The number of hydrogen-bond acceptors (Lipinski definition) is 3. The summed E-state index contributed by atoms with van der Waals surface area (Å²) in [6.07, 6.45) is 2.27. The van der Waals surface area contributed by atoms with Gasteiger partial charge in [0.2, 0.25) is 0 Å². The van der Waals surface area contributed by atoms with Crippen LogP contribution >= 0.6 is 9.39 Å². The van der Waals surface area contributed by atoms with Crippen molar-refractivity contribution in [3.05, 3.63) is 30.1 Å². The highest BCUT2D eigenvalue weighted by Gasteiger charge is 2.23. The van der Waals surface area contributed by atoms with Crippen molar-refractivity contribution >= 4 is 20.4 Å². The van der Waals surface area contributed by atoms with Gasteiger partial charge in [-0.25, -0.2) is 4.98 Å². The molecule has 0 radical (unpaired) electrons. The van der Waals surface area contributed by atoms with E-state index < -0.39 is 0 Å². The molecule has 0 bridgehead atoms. The maximum atomic E-state index is 9.30. The normalized spacial score (nSPS) is 18.2. The average molecular weight is 277 g/mol. The molecule has 1 aliphatic rings. The Morgan fingerprint density at radius 3 is 2.74 bits per heavy atom. The quantitative estimate of drug-likeness (QED) is 0.872. The SMILES string of the molecule is OCCn1c(C2CCN(P)CC2)nc2ccccc21. The van der Waals surface area contributed by atoms with Crippen LogP contribution in [0.4, 0.5) is 0 Å². The van der Waals surface area contributed by atoms with E-state index in [9.17, 15) is 5.11 Å². The molecule has 4 nitrogen and oxygen atoms in total. The van der Waals surface area contributed by atoms with E-state index in [1.165, 1.54) is 0 Å². The molecule has 1 aromatic heterocycles. The Bertz CT molecular complexity index is 561. The lowest BCUT2D eigenvalue weighted by atomic mass is 9.97. The Kier molecular flexibility index (Phi) is 3.83. The first-order valence-electron chi connectivity index (χ1n) is 6.85. The molecule has 0 aliphatic carbocycles. The van der Waals surface area contributed by atoms with Gasteiger partial charge in [0.05, 0.1) is 17.6 Å². The highest BCUT2D eigenvalue weighted by atomic mass is 31.0. The van der Waals surface area contributed by atoms with Crippen LogP contribution in [0.2, 0.25) is 0 Å². The molecule has 0 amide bonds. The molecular formula is C14H20N3OP. The summed E-state index contributed by atoms with van der Waals surface area (Å²) in [6, 6.07) is 8.20. The Morgan fingerprint density at radius 2 is 2.00 bits per heavy atom. The van der Waals surface area contributed by atoms with Gasteiger partial charge in [-0.2, -0.15) is 0 Å². The molecular weight excluding hydrogens is 257 g/mol. The summed E-state index contributed by atoms with van der Waals surface area (Å²) in [6.45, 7) is 2.99. The van der Waals surface area contributed by atoms with Gasteiger partial charge in [0.1, 0.15) is 5.82 Å². The lowest BCUT2D eigenvalue weighted by Gasteiger charge is -2.28. The van der Waals surface area contributed by atoms with Crippen LogP contribution in [-0.4, -0.2) is 39.0 Å².